The molecule has 0 aromatic rings. The van der Waals surface area contributed by atoms with E-state index in [9.17, 15) is 4.79 Å². The summed E-state index contributed by atoms with van der Waals surface area (Å²) in [6.45, 7) is 6.41. The lowest BCUT2D eigenvalue weighted by atomic mass is 10.3. The molecule has 0 bridgehead atoms. The Bertz CT molecular complexity index is 218. The lowest BCUT2D eigenvalue weighted by Gasteiger charge is -2.32. The van der Waals surface area contributed by atoms with E-state index in [-0.39, 0.29) is 5.91 Å². The van der Waals surface area contributed by atoms with E-state index in [0.717, 1.165) is 26.2 Å². The average Bonchev–Trinajstić information content (AvgIpc) is 2.34. The summed E-state index contributed by atoms with van der Waals surface area (Å²) in [5, 5.41) is 3.08. The van der Waals surface area contributed by atoms with Crippen LogP contribution in [0.4, 0.5) is 0 Å². The Morgan fingerprint density at radius 3 is 2.65 bits per heavy atom. The first-order valence-corrected chi connectivity index (χ1v) is 6.19. The highest BCUT2D eigenvalue weighted by atomic mass is 16.5. The monoisotopic (exact) mass is 244 g/mol. The molecule has 1 aliphatic heterocycles. The first kappa shape index (κ1) is 14.4. The lowest BCUT2D eigenvalue weighted by Crippen LogP contribution is -2.49. The van der Waals surface area contributed by atoms with Gasteiger partial charge in [0.25, 0.3) is 0 Å². The van der Waals surface area contributed by atoms with Crippen molar-refractivity contribution in [3.05, 3.63) is 0 Å². The number of nitrogens with one attached hydrogen (secondary N) is 1. The number of amides is 1. The minimum atomic E-state index is 0.178. The molecule has 6 nitrogen and oxygen atoms in total. The fourth-order valence-corrected chi connectivity index (χ4v) is 1.69. The van der Waals surface area contributed by atoms with Gasteiger partial charge in [-0.1, -0.05) is 0 Å². The first-order valence-electron chi connectivity index (χ1n) is 6.19. The number of nitrogens with two attached hydrogens (primary N) is 1. The maximum atomic E-state index is 11.8. The quantitative estimate of drug-likeness (QED) is 0.524. The predicted molar refractivity (Wildman–Crippen MR) is 66.8 cm³/mol. The molecule has 1 rings (SSSR count). The van der Waals surface area contributed by atoms with Crippen LogP contribution in [0.5, 0.6) is 0 Å². The normalized spacial score (nSPS) is 17.4. The molecule has 6 heteroatoms. The standard InChI is InChI=1S/C11H24N4O2/c1-14-4-6-15(7-5-14)11(16)10-13-3-9-17-8-2-12/h13H,2-10,12H2,1H3. The van der Waals surface area contributed by atoms with Crippen LogP contribution in [-0.4, -0.2) is 81.8 Å². The molecule has 1 saturated heterocycles. The molecule has 3 N–H and O–H groups in total. The van der Waals surface area contributed by atoms with Crippen molar-refractivity contribution < 1.29 is 9.53 Å². The Labute approximate surface area is 103 Å². The minimum absolute atomic E-state index is 0.178. The van der Waals surface area contributed by atoms with Gasteiger partial charge < -0.3 is 25.6 Å². The van der Waals surface area contributed by atoms with Crippen LogP contribution in [0.3, 0.4) is 0 Å². The first-order chi connectivity index (χ1) is 8.24. The summed E-state index contributed by atoms with van der Waals surface area (Å²) in [5.74, 6) is 0.178. The molecule has 0 radical (unpaired) electrons. The highest BCUT2D eigenvalue weighted by molar-refractivity contribution is 5.78. The van der Waals surface area contributed by atoms with E-state index < -0.39 is 0 Å². The summed E-state index contributed by atoms with van der Waals surface area (Å²) in [6, 6.07) is 0. The van der Waals surface area contributed by atoms with E-state index in [0.29, 0.717) is 32.8 Å². The summed E-state index contributed by atoms with van der Waals surface area (Å²) in [5.41, 5.74) is 5.29. The van der Waals surface area contributed by atoms with Crippen LogP contribution >= 0.6 is 0 Å². The van der Waals surface area contributed by atoms with Gasteiger partial charge >= 0.3 is 0 Å². The van der Waals surface area contributed by atoms with E-state index >= 15 is 0 Å². The molecule has 0 aromatic heterocycles. The highest BCUT2D eigenvalue weighted by Crippen LogP contribution is 1.98. The van der Waals surface area contributed by atoms with E-state index in [2.05, 4.69) is 17.3 Å². The van der Waals surface area contributed by atoms with Crippen molar-refractivity contribution in [2.45, 2.75) is 0 Å². The maximum Gasteiger partial charge on any atom is 0.236 e. The van der Waals surface area contributed by atoms with E-state index in [1.165, 1.54) is 0 Å². The second-order valence-electron chi connectivity index (χ2n) is 4.26. The van der Waals surface area contributed by atoms with Crippen molar-refractivity contribution in [3.63, 3.8) is 0 Å². The smallest absolute Gasteiger partial charge is 0.236 e. The van der Waals surface area contributed by atoms with Gasteiger partial charge in [0, 0.05) is 39.3 Å². The third-order valence-electron chi connectivity index (χ3n) is 2.82. The second kappa shape index (κ2) is 8.41. The van der Waals surface area contributed by atoms with Gasteiger partial charge in [-0.05, 0) is 7.05 Å². The number of ether oxygens (including phenoxy) is 1. The number of hydrogen-bond donors (Lipinski definition) is 2. The number of rotatable bonds is 7. The largest absolute Gasteiger partial charge is 0.379 e. The molecule has 0 unspecified atom stereocenters. The molecule has 1 amide bonds. The van der Waals surface area contributed by atoms with Gasteiger partial charge in [0.05, 0.1) is 19.8 Å². The number of piperazine rings is 1. The SMILES string of the molecule is CN1CCN(C(=O)CNCCOCCN)CC1. The molecule has 1 fully saturated rings. The summed E-state index contributed by atoms with van der Waals surface area (Å²) >= 11 is 0. The number of hydrogen-bond acceptors (Lipinski definition) is 5. The second-order valence-corrected chi connectivity index (χ2v) is 4.26. The van der Waals surface area contributed by atoms with Gasteiger partial charge in [0.2, 0.25) is 5.91 Å². The van der Waals surface area contributed by atoms with Crippen molar-refractivity contribution >= 4 is 5.91 Å². The summed E-state index contributed by atoms with van der Waals surface area (Å²) in [4.78, 5) is 15.9. The Morgan fingerprint density at radius 2 is 2.00 bits per heavy atom. The third-order valence-corrected chi connectivity index (χ3v) is 2.82. The Balaban J connectivity index is 2.01. The van der Waals surface area contributed by atoms with Crippen molar-refractivity contribution in [2.24, 2.45) is 5.73 Å². The molecule has 0 saturated carbocycles. The Hall–Kier alpha value is -0.690. The van der Waals surface area contributed by atoms with E-state index in [1.807, 2.05) is 4.90 Å². The molecule has 0 aliphatic carbocycles. The van der Waals surface area contributed by atoms with Gasteiger partial charge in [-0.15, -0.1) is 0 Å². The van der Waals surface area contributed by atoms with Crippen LogP contribution in [0.25, 0.3) is 0 Å². The Kier molecular flexibility index (Phi) is 7.11. The molecular formula is C11H24N4O2. The average molecular weight is 244 g/mol. The molecule has 1 heterocycles. The predicted octanol–water partition coefficient (Wildman–Crippen LogP) is -1.67. The zero-order chi connectivity index (χ0) is 12.5. The molecule has 17 heavy (non-hydrogen) atoms. The number of likely N-dealkylation sites (N-methyl/N-ethyl adjacent to an activating group) is 1. The molecule has 0 spiro atoms. The maximum absolute atomic E-state index is 11.8. The topological polar surface area (TPSA) is 70.8 Å². The van der Waals surface area contributed by atoms with Crippen molar-refractivity contribution in [1.82, 2.24) is 15.1 Å². The molecule has 100 valence electrons. The third kappa shape index (κ3) is 5.97. The lowest BCUT2D eigenvalue weighted by molar-refractivity contribution is -0.131. The fourth-order valence-electron chi connectivity index (χ4n) is 1.69. The highest BCUT2D eigenvalue weighted by Gasteiger charge is 2.17. The zero-order valence-electron chi connectivity index (χ0n) is 10.7. The fraction of sp³-hybridized carbons (Fsp3) is 0.909. The summed E-state index contributed by atoms with van der Waals surface area (Å²) < 4.78 is 5.21. The number of carbonyl (C=O) groups is 1. The summed E-state index contributed by atoms with van der Waals surface area (Å²) in [6.07, 6.45) is 0. The molecular weight excluding hydrogens is 220 g/mol. The van der Waals surface area contributed by atoms with Crippen molar-refractivity contribution in [1.29, 1.82) is 0 Å². The molecule has 0 aromatic carbocycles. The van der Waals surface area contributed by atoms with E-state index in [1.54, 1.807) is 0 Å². The van der Waals surface area contributed by atoms with Crippen LogP contribution in [0.15, 0.2) is 0 Å². The van der Waals surface area contributed by atoms with Crippen LogP contribution in [-0.2, 0) is 9.53 Å². The van der Waals surface area contributed by atoms with Gasteiger partial charge in [0.1, 0.15) is 0 Å². The molecule has 1 aliphatic rings. The van der Waals surface area contributed by atoms with Crippen LogP contribution < -0.4 is 11.1 Å². The van der Waals surface area contributed by atoms with Crippen LogP contribution in [0.2, 0.25) is 0 Å². The van der Waals surface area contributed by atoms with Crippen LogP contribution in [0.1, 0.15) is 0 Å². The van der Waals surface area contributed by atoms with Crippen molar-refractivity contribution in [3.8, 4) is 0 Å². The number of nitrogens with zero attached hydrogens (tertiary/aromatic N) is 2. The van der Waals surface area contributed by atoms with Crippen LogP contribution in [0, 0.1) is 0 Å². The molecule has 0 atom stereocenters. The number of carbonyl (C=O) groups excluding carboxylic acids is 1. The summed E-state index contributed by atoms with van der Waals surface area (Å²) in [7, 11) is 2.08. The van der Waals surface area contributed by atoms with Crippen molar-refractivity contribution in [2.75, 3.05) is 66.1 Å². The van der Waals surface area contributed by atoms with Gasteiger partial charge in [-0.25, -0.2) is 0 Å². The van der Waals surface area contributed by atoms with E-state index in [4.69, 9.17) is 10.5 Å². The van der Waals surface area contributed by atoms with Gasteiger partial charge in [-0.2, -0.15) is 0 Å². The minimum Gasteiger partial charge on any atom is -0.379 e. The zero-order valence-corrected chi connectivity index (χ0v) is 10.7. The Morgan fingerprint density at radius 1 is 1.29 bits per heavy atom. The van der Waals surface area contributed by atoms with Gasteiger partial charge in [-0.3, -0.25) is 4.79 Å². The van der Waals surface area contributed by atoms with Gasteiger partial charge in [0.15, 0.2) is 0 Å².